The van der Waals surface area contributed by atoms with Crippen molar-refractivity contribution in [3.8, 4) is 11.5 Å². The molecule has 0 saturated carbocycles. The quantitative estimate of drug-likeness (QED) is 0.356. The lowest BCUT2D eigenvalue weighted by Gasteiger charge is -2.35. The molecule has 0 heterocycles. The minimum atomic E-state index is 0.0498. The molecule has 0 saturated heterocycles. The van der Waals surface area contributed by atoms with Crippen LogP contribution < -0.4 is 9.47 Å². The predicted molar refractivity (Wildman–Crippen MR) is 142 cm³/mol. The topological polar surface area (TPSA) is 38.8 Å². The van der Waals surface area contributed by atoms with E-state index in [4.69, 9.17) is 9.47 Å². The highest BCUT2D eigenvalue weighted by molar-refractivity contribution is 5.91. The van der Waals surface area contributed by atoms with E-state index >= 15 is 0 Å². The van der Waals surface area contributed by atoms with E-state index in [1.165, 1.54) is 22.3 Å². The van der Waals surface area contributed by atoms with Crippen LogP contribution >= 0.6 is 0 Å². The van der Waals surface area contributed by atoms with Crippen LogP contribution in [0.25, 0.3) is 6.08 Å². The van der Waals surface area contributed by atoms with E-state index in [0.29, 0.717) is 5.92 Å². The molecule has 3 aromatic rings. The Balaban J connectivity index is 1.67. The molecule has 0 aromatic heterocycles. The van der Waals surface area contributed by atoms with Crippen molar-refractivity contribution in [3.05, 3.63) is 101 Å². The summed E-state index contributed by atoms with van der Waals surface area (Å²) in [5.41, 5.74) is 6.35. The van der Waals surface area contributed by atoms with Gasteiger partial charge < -0.3 is 14.4 Å². The maximum Gasteiger partial charge on any atom is 0.246 e. The number of methoxy groups -OCH3 is 2. The van der Waals surface area contributed by atoms with E-state index in [1.807, 2.05) is 24.8 Å². The van der Waals surface area contributed by atoms with Crippen molar-refractivity contribution < 1.29 is 14.3 Å². The number of ether oxygens (including phenoxy) is 2. The van der Waals surface area contributed by atoms with Gasteiger partial charge in [0.25, 0.3) is 0 Å². The lowest BCUT2D eigenvalue weighted by atomic mass is 9.69. The molecule has 4 nitrogen and oxygen atoms in total. The molecule has 1 aliphatic rings. The Labute approximate surface area is 209 Å². The number of aryl methyl sites for hydroxylation is 1. The Morgan fingerprint density at radius 3 is 2.14 bits per heavy atom. The molecule has 0 radical (unpaired) electrons. The Kier molecular flexibility index (Phi) is 7.91. The summed E-state index contributed by atoms with van der Waals surface area (Å²) in [6.07, 6.45) is 5.67. The Morgan fingerprint density at radius 2 is 1.51 bits per heavy atom. The minimum Gasteiger partial charge on any atom is -0.497 e. The third-order valence-electron chi connectivity index (χ3n) is 7.15. The van der Waals surface area contributed by atoms with Crippen LogP contribution in [0.5, 0.6) is 11.5 Å². The summed E-state index contributed by atoms with van der Waals surface area (Å²) in [6.45, 7) is 5.44. The van der Waals surface area contributed by atoms with Gasteiger partial charge in [0.15, 0.2) is 0 Å². The number of likely N-dealkylation sites (N-methyl/N-ethyl adjacent to an activating group) is 1. The SMILES string of the molecule is CCN(CC)C(=O)/C=C/c1ccc(C2c3ccc(OC)cc3CCC2c2ccc(OC)cc2)cc1. The lowest BCUT2D eigenvalue weighted by molar-refractivity contribution is -0.125. The maximum atomic E-state index is 12.3. The highest BCUT2D eigenvalue weighted by atomic mass is 16.5. The first-order chi connectivity index (χ1) is 17.1. The zero-order valence-corrected chi connectivity index (χ0v) is 21.2. The molecule has 3 aromatic carbocycles. The van der Waals surface area contributed by atoms with Crippen molar-refractivity contribution in [2.24, 2.45) is 0 Å². The average molecular weight is 470 g/mol. The second-order valence-corrected chi connectivity index (χ2v) is 8.97. The molecule has 35 heavy (non-hydrogen) atoms. The zero-order valence-electron chi connectivity index (χ0n) is 21.2. The van der Waals surface area contributed by atoms with Crippen molar-refractivity contribution in [2.75, 3.05) is 27.3 Å². The first kappa shape index (κ1) is 24.6. The summed E-state index contributed by atoms with van der Waals surface area (Å²) >= 11 is 0. The van der Waals surface area contributed by atoms with Crippen molar-refractivity contribution in [2.45, 2.75) is 38.5 Å². The van der Waals surface area contributed by atoms with E-state index in [9.17, 15) is 4.79 Å². The number of nitrogens with zero attached hydrogens (tertiary/aromatic N) is 1. The average Bonchev–Trinajstić information content (AvgIpc) is 2.92. The van der Waals surface area contributed by atoms with Crippen LogP contribution in [0.2, 0.25) is 0 Å². The summed E-state index contributed by atoms with van der Waals surface area (Å²) in [6, 6.07) is 23.6. The van der Waals surface area contributed by atoms with Gasteiger partial charge in [0.05, 0.1) is 14.2 Å². The van der Waals surface area contributed by atoms with Gasteiger partial charge in [0, 0.05) is 25.1 Å². The number of fused-ring (bicyclic) bond motifs is 1. The molecule has 2 unspecified atom stereocenters. The van der Waals surface area contributed by atoms with Gasteiger partial charge in [0.2, 0.25) is 5.91 Å². The van der Waals surface area contributed by atoms with Crippen LogP contribution in [0.3, 0.4) is 0 Å². The van der Waals surface area contributed by atoms with Crippen molar-refractivity contribution in [1.82, 2.24) is 4.90 Å². The monoisotopic (exact) mass is 469 g/mol. The molecule has 0 bridgehead atoms. The summed E-state index contributed by atoms with van der Waals surface area (Å²) in [5.74, 6) is 2.44. The molecule has 4 heteroatoms. The Morgan fingerprint density at radius 1 is 0.886 bits per heavy atom. The number of amides is 1. The summed E-state index contributed by atoms with van der Waals surface area (Å²) in [4.78, 5) is 14.2. The fraction of sp³-hybridized carbons (Fsp3) is 0.323. The first-order valence-corrected chi connectivity index (χ1v) is 12.5. The number of hydrogen-bond donors (Lipinski definition) is 0. The Hall–Kier alpha value is -3.53. The van der Waals surface area contributed by atoms with Gasteiger partial charge >= 0.3 is 0 Å². The van der Waals surface area contributed by atoms with Crippen LogP contribution in [0.4, 0.5) is 0 Å². The second-order valence-electron chi connectivity index (χ2n) is 8.97. The standard InChI is InChI=1S/C31H35NO3/c1-5-32(6-2)30(33)20-9-22-7-10-24(11-8-22)31-28(23-12-15-26(34-3)16-13-23)18-14-25-21-27(35-4)17-19-29(25)31/h7-13,15-17,19-21,28,31H,5-6,14,18H2,1-4H3/b20-9+. The maximum absolute atomic E-state index is 12.3. The van der Waals surface area contributed by atoms with Crippen molar-refractivity contribution in [1.29, 1.82) is 0 Å². The largest absolute Gasteiger partial charge is 0.497 e. The number of hydrogen-bond acceptors (Lipinski definition) is 3. The molecule has 2 atom stereocenters. The molecule has 0 aliphatic heterocycles. The number of rotatable bonds is 8. The fourth-order valence-electron chi connectivity index (χ4n) is 5.17. The van der Waals surface area contributed by atoms with Gasteiger partial charge in [-0.15, -0.1) is 0 Å². The predicted octanol–water partition coefficient (Wildman–Crippen LogP) is 6.45. The van der Waals surface area contributed by atoms with E-state index in [2.05, 4.69) is 66.7 Å². The van der Waals surface area contributed by atoms with Crippen LogP contribution in [0, 0.1) is 0 Å². The second kappa shape index (κ2) is 11.3. The number of carbonyl (C=O) groups excluding carboxylic acids is 1. The molecule has 4 rings (SSSR count). The van der Waals surface area contributed by atoms with E-state index in [1.54, 1.807) is 20.3 Å². The van der Waals surface area contributed by atoms with Crippen LogP contribution in [-0.4, -0.2) is 38.1 Å². The summed E-state index contributed by atoms with van der Waals surface area (Å²) in [7, 11) is 3.42. The van der Waals surface area contributed by atoms with Gasteiger partial charge in [-0.1, -0.05) is 42.5 Å². The highest BCUT2D eigenvalue weighted by Crippen LogP contribution is 2.47. The highest BCUT2D eigenvalue weighted by Gasteiger charge is 2.32. The molecule has 0 fully saturated rings. The smallest absolute Gasteiger partial charge is 0.246 e. The lowest BCUT2D eigenvalue weighted by Crippen LogP contribution is -2.28. The van der Waals surface area contributed by atoms with Crippen molar-refractivity contribution >= 4 is 12.0 Å². The van der Waals surface area contributed by atoms with Gasteiger partial charge in [-0.3, -0.25) is 4.79 Å². The molecule has 182 valence electrons. The van der Waals surface area contributed by atoms with Crippen LogP contribution in [0.15, 0.2) is 72.8 Å². The zero-order chi connectivity index (χ0) is 24.8. The van der Waals surface area contributed by atoms with Crippen LogP contribution in [0.1, 0.15) is 59.9 Å². The van der Waals surface area contributed by atoms with Gasteiger partial charge in [-0.25, -0.2) is 0 Å². The number of benzene rings is 3. The first-order valence-electron chi connectivity index (χ1n) is 12.5. The summed E-state index contributed by atoms with van der Waals surface area (Å²) in [5, 5.41) is 0. The summed E-state index contributed by atoms with van der Waals surface area (Å²) < 4.78 is 10.9. The fourth-order valence-corrected chi connectivity index (χ4v) is 5.17. The van der Waals surface area contributed by atoms with E-state index in [0.717, 1.165) is 43.0 Å². The van der Waals surface area contributed by atoms with Crippen molar-refractivity contribution in [3.63, 3.8) is 0 Å². The normalized spacial score (nSPS) is 17.1. The number of carbonyl (C=O) groups is 1. The molecular formula is C31H35NO3. The third-order valence-corrected chi connectivity index (χ3v) is 7.15. The molecule has 1 amide bonds. The van der Waals surface area contributed by atoms with Gasteiger partial charge in [0.1, 0.15) is 11.5 Å². The molecule has 0 N–H and O–H groups in total. The molecule has 1 aliphatic carbocycles. The molecular weight excluding hydrogens is 434 g/mol. The molecule has 0 spiro atoms. The third kappa shape index (κ3) is 5.43. The Bertz CT molecular complexity index is 1160. The van der Waals surface area contributed by atoms with Gasteiger partial charge in [-0.2, -0.15) is 0 Å². The van der Waals surface area contributed by atoms with E-state index in [-0.39, 0.29) is 11.8 Å². The van der Waals surface area contributed by atoms with Crippen LogP contribution in [-0.2, 0) is 11.2 Å². The minimum absolute atomic E-state index is 0.0498. The van der Waals surface area contributed by atoms with E-state index < -0.39 is 0 Å². The van der Waals surface area contributed by atoms with Gasteiger partial charge in [-0.05, 0) is 90.8 Å².